The van der Waals surface area contributed by atoms with Gasteiger partial charge in [-0.1, -0.05) is 22.0 Å². The van der Waals surface area contributed by atoms with Gasteiger partial charge < -0.3 is 15.4 Å². The molecule has 0 saturated heterocycles. The van der Waals surface area contributed by atoms with Gasteiger partial charge in [0.2, 0.25) is 0 Å². The molecule has 1 aromatic heterocycles. The van der Waals surface area contributed by atoms with E-state index in [0.29, 0.717) is 19.0 Å². The second-order valence-corrected chi connectivity index (χ2v) is 5.10. The fourth-order valence-electron chi connectivity index (χ4n) is 1.59. The first-order valence-corrected chi connectivity index (χ1v) is 7.12. The lowest BCUT2D eigenvalue weighted by Crippen LogP contribution is -2.27. The summed E-state index contributed by atoms with van der Waals surface area (Å²) >= 11 is 3.40. The summed E-state index contributed by atoms with van der Waals surface area (Å²) in [5.41, 5.74) is 1.15. The quantitative estimate of drug-likeness (QED) is 0.782. The lowest BCUT2D eigenvalue weighted by Gasteiger charge is -2.06. The van der Waals surface area contributed by atoms with Crippen molar-refractivity contribution in [2.45, 2.75) is 0 Å². The second-order valence-electron chi connectivity index (χ2n) is 4.19. The van der Waals surface area contributed by atoms with Crippen LogP contribution in [0.15, 0.2) is 40.9 Å². The number of nitrogens with one attached hydrogen (secondary N) is 2. The minimum absolute atomic E-state index is 0.269. The van der Waals surface area contributed by atoms with Crippen LogP contribution in [-0.2, 0) is 4.74 Å². The number of carbonyl (C=O) groups is 1. The van der Waals surface area contributed by atoms with Crippen molar-refractivity contribution in [2.24, 2.45) is 0 Å². The summed E-state index contributed by atoms with van der Waals surface area (Å²) in [4.78, 5) is 11.7. The first kappa shape index (κ1) is 15.4. The van der Waals surface area contributed by atoms with E-state index in [0.717, 1.165) is 10.2 Å². The number of methoxy groups -OCH3 is 1. The molecule has 6 nitrogen and oxygen atoms in total. The van der Waals surface area contributed by atoms with Crippen molar-refractivity contribution >= 4 is 33.3 Å². The van der Waals surface area contributed by atoms with Crippen LogP contribution < -0.4 is 10.6 Å². The van der Waals surface area contributed by atoms with Crippen LogP contribution in [0.3, 0.4) is 0 Å². The Kier molecular flexibility index (Phi) is 5.65. The minimum Gasteiger partial charge on any atom is -0.383 e. The molecule has 1 amide bonds. The zero-order valence-corrected chi connectivity index (χ0v) is 13.1. The smallest absolute Gasteiger partial charge is 0.271 e. The van der Waals surface area contributed by atoms with Gasteiger partial charge in [0.25, 0.3) is 5.91 Å². The third kappa shape index (κ3) is 4.80. The van der Waals surface area contributed by atoms with Gasteiger partial charge in [-0.3, -0.25) is 4.79 Å². The molecule has 0 aliphatic heterocycles. The highest BCUT2D eigenvalue weighted by Crippen LogP contribution is 2.18. The number of halogens is 1. The molecule has 0 aliphatic carbocycles. The van der Waals surface area contributed by atoms with E-state index in [9.17, 15) is 4.79 Å². The van der Waals surface area contributed by atoms with Gasteiger partial charge >= 0.3 is 0 Å². The number of nitrogens with zero attached hydrogens (tertiary/aromatic N) is 2. The minimum atomic E-state index is -0.270. The predicted octanol–water partition coefficient (Wildman–Crippen LogP) is 2.36. The zero-order valence-electron chi connectivity index (χ0n) is 11.5. The van der Waals surface area contributed by atoms with Gasteiger partial charge in [-0.15, -0.1) is 10.2 Å². The summed E-state index contributed by atoms with van der Waals surface area (Å²) in [6, 6.07) is 11.0. The molecule has 0 unspecified atom stereocenters. The van der Waals surface area contributed by atoms with E-state index in [-0.39, 0.29) is 11.6 Å². The van der Waals surface area contributed by atoms with E-state index < -0.39 is 0 Å². The second kappa shape index (κ2) is 7.70. The van der Waals surface area contributed by atoms with Crippen molar-refractivity contribution in [3.05, 3.63) is 46.6 Å². The van der Waals surface area contributed by atoms with E-state index in [1.54, 1.807) is 19.2 Å². The Bertz CT molecular complexity index is 604. The predicted molar refractivity (Wildman–Crippen MR) is 83.7 cm³/mol. The molecule has 0 saturated carbocycles. The van der Waals surface area contributed by atoms with Crippen LogP contribution in [0.25, 0.3) is 0 Å². The van der Waals surface area contributed by atoms with Crippen LogP contribution in [0.2, 0.25) is 0 Å². The molecule has 0 spiro atoms. The zero-order chi connectivity index (χ0) is 15.1. The largest absolute Gasteiger partial charge is 0.383 e. The summed E-state index contributed by atoms with van der Waals surface area (Å²) in [7, 11) is 1.58. The molecule has 0 aliphatic rings. The van der Waals surface area contributed by atoms with Gasteiger partial charge in [-0.25, -0.2) is 0 Å². The molecule has 2 N–H and O–H groups in total. The third-order valence-corrected chi connectivity index (χ3v) is 3.08. The number of ether oxygens (including phenoxy) is 1. The van der Waals surface area contributed by atoms with E-state index in [1.165, 1.54) is 0 Å². The molecule has 2 aromatic rings. The summed E-state index contributed by atoms with van der Waals surface area (Å²) in [5.74, 6) is 0.301. The van der Waals surface area contributed by atoms with E-state index in [2.05, 4.69) is 36.8 Å². The molecule has 0 bridgehead atoms. The number of hydrogen-bond acceptors (Lipinski definition) is 5. The number of hydrogen-bond donors (Lipinski definition) is 2. The standard InChI is InChI=1S/C14H15BrN4O2/c1-21-8-7-16-14(20)12-5-6-13(19-18-12)17-11-4-2-3-10(15)9-11/h2-6,9H,7-8H2,1H3,(H,16,20)(H,17,19). The molecule has 110 valence electrons. The van der Waals surface area contributed by atoms with Crippen LogP contribution in [0.4, 0.5) is 11.5 Å². The Morgan fingerprint density at radius 1 is 1.29 bits per heavy atom. The lowest BCUT2D eigenvalue weighted by molar-refractivity contribution is 0.0931. The van der Waals surface area contributed by atoms with Crippen molar-refractivity contribution in [3.63, 3.8) is 0 Å². The van der Waals surface area contributed by atoms with Crippen molar-refractivity contribution in [1.29, 1.82) is 0 Å². The third-order valence-electron chi connectivity index (χ3n) is 2.59. The van der Waals surface area contributed by atoms with Gasteiger partial charge in [-0.05, 0) is 30.3 Å². The van der Waals surface area contributed by atoms with Crippen LogP contribution in [-0.4, -0.2) is 36.4 Å². The summed E-state index contributed by atoms with van der Waals surface area (Å²) in [6.07, 6.45) is 0. The monoisotopic (exact) mass is 350 g/mol. The Balaban J connectivity index is 1.97. The normalized spacial score (nSPS) is 10.2. The van der Waals surface area contributed by atoms with Gasteiger partial charge in [0, 0.05) is 23.8 Å². The summed E-state index contributed by atoms with van der Waals surface area (Å²) in [6.45, 7) is 0.900. The fraction of sp³-hybridized carbons (Fsp3) is 0.214. The van der Waals surface area contributed by atoms with Crippen molar-refractivity contribution < 1.29 is 9.53 Å². The molecule has 0 fully saturated rings. The Hall–Kier alpha value is -1.99. The Morgan fingerprint density at radius 3 is 2.81 bits per heavy atom. The first-order chi connectivity index (χ1) is 10.2. The molecular weight excluding hydrogens is 336 g/mol. The molecule has 0 atom stereocenters. The fourth-order valence-corrected chi connectivity index (χ4v) is 1.99. The number of rotatable bonds is 6. The van der Waals surface area contributed by atoms with Crippen LogP contribution in [0, 0.1) is 0 Å². The number of amides is 1. The van der Waals surface area contributed by atoms with Crippen LogP contribution in [0.5, 0.6) is 0 Å². The average Bonchev–Trinajstić information content (AvgIpc) is 2.48. The van der Waals surface area contributed by atoms with Crippen LogP contribution >= 0.6 is 15.9 Å². The number of anilines is 2. The highest BCUT2D eigenvalue weighted by atomic mass is 79.9. The van der Waals surface area contributed by atoms with Crippen molar-refractivity contribution in [1.82, 2.24) is 15.5 Å². The highest BCUT2D eigenvalue weighted by Gasteiger charge is 2.07. The average molecular weight is 351 g/mol. The number of carbonyl (C=O) groups excluding carboxylic acids is 1. The number of aromatic nitrogens is 2. The maximum atomic E-state index is 11.7. The highest BCUT2D eigenvalue weighted by molar-refractivity contribution is 9.10. The molecule has 1 heterocycles. The van der Waals surface area contributed by atoms with E-state index in [1.807, 2.05) is 24.3 Å². The molecule has 21 heavy (non-hydrogen) atoms. The maximum absolute atomic E-state index is 11.7. The lowest BCUT2D eigenvalue weighted by atomic mass is 10.3. The molecule has 0 radical (unpaired) electrons. The maximum Gasteiger partial charge on any atom is 0.271 e. The van der Waals surface area contributed by atoms with Crippen molar-refractivity contribution in [3.8, 4) is 0 Å². The molecule has 1 aromatic carbocycles. The van der Waals surface area contributed by atoms with Gasteiger partial charge in [0.05, 0.1) is 6.61 Å². The first-order valence-electron chi connectivity index (χ1n) is 6.32. The SMILES string of the molecule is COCCNC(=O)c1ccc(Nc2cccc(Br)c2)nn1. The molecular formula is C14H15BrN4O2. The van der Waals surface area contributed by atoms with E-state index >= 15 is 0 Å². The number of benzene rings is 1. The molecule has 2 rings (SSSR count). The topological polar surface area (TPSA) is 76.1 Å². The molecule has 7 heteroatoms. The Morgan fingerprint density at radius 2 is 2.14 bits per heavy atom. The van der Waals surface area contributed by atoms with Gasteiger partial charge in [0.1, 0.15) is 0 Å². The van der Waals surface area contributed by atoms with E-state index in [4.69, 9.17) is 4.74 Å². The van der Waals surface area contributed by atoms with Crippen molar-refractivity contribution in [2.75, 3.05) is 25.6 Å². The van der Waals surface area contributed by atoms with Gasteiger partial charge in [0.15, 0.2) is 11.5 Å². The van der Waals surface area contributed by atoms with Gasteiger partial charge in [-0.2, -0.15) is 0 Å². The summed E-state index contributed by atoms with van der Waals surface area (Å²) in [5, 5.41) is 13.7. The Labute approximate surface area is 131 Å². The summed E-state index contributed by atoms with van der Waals surface area (Å²) < 4.78 is 5.83. The van der Waals surface area contributed by atoms with Crippen LogP contribution in [0.1, 0.15) is 10.5 Å².